The van der Waals surface area contributed by atoms with Crippen molar-refractivity contribution in [2.75, 3.05) is 0 Å². The highest BCUT2D eigenvalue weighted by molar-refractivity contribution is 5.85. The zero-order valence-corrected chi connectivity index (χ0v) is 8.23. The van der Waals surface area contributed by atoms with Gasteiger partial charge in [-0.3, -0.25) is 0 Å². The molecule has 0 aliphatic heterocycles. The molecule has 0 atom stereocenters. The minimum absolute atomic E-state index is 0.911. The van der Waals surface area contributed by atoms with E-state index in [2.05, 4.69) is 13.0 Å². The Hall–Kier alpha value is -1.57. The monoisotopic (exact) mass is 190 g/mol. The van der Waals surface area contributed by atoms with Gasteiger partial charge in [-0.05, 0) is 23.6 Å². The Morgan fingerprint density at radius 1 is 1.50 bits per heavy atom. The van der Waals surface area contributed by atoms with E-state index in [0.717, 1.165) is 24.5 Å². The van der Waals surface area contributed by atoms with Gasteiger partial charge in [0.2, 0.25) is 0 Å². The Kier molecular flexibility index (Phi) is 3.92. The highest BCUT2D eigenvalue weighted by Gasteiger charge is 1.93. The summed E-state index contributed by atoms with van der Waals surface area (Å²) in [4.78, 5) is 10.3. The van der Waals surface area contributed by atoms with Crippen molar-refractivity contribution in [3.05, 3.63) is 41.5 Å². The van der Waals surface area contributed by atoms with Crippen molar-refractivity contribution in [1.82, 2.24) is 0 Å². The van der Waals surface area contributed by atoms with Crippen LogP contribution in [0.25, 0.3) is 6.08 Å². The molecule has 14 heavy (non-hydrogen) atoms. The topological polar surface area (TPSA) is 37.3 Å². The molecule has 0 aliphatic carbocycles. The van der Waals surface area contributed by atoms with E-state index in [1.54, 1.807) is 6.08 Å². The number of aryl methyl sites for hydroxylation is 1. The third-order valence-electron chi connectivity index (χ3n) is 1.91. The summed E-state index contributed by atoms with van der Waals surface area (Å²) in [5.74, 6) is -0.911. The number of benzene rings is 1. The van der Waals surface area contributed by atoms with Crippen molar-refractivity contribution in [3.8, 4) is 0 Å². The summed E-state index contributed by atoms with van der Waals surface area (Å²) in [6, 6.07) is 7.93. The van der Waals surface area contributed by atoms with Crippen LogP contribution >= 0.6 is 0 Å². The van der Waals surface area contributed by atoms with Gasteiger partial charge >= 0.3 is 5.97 Å². The van der Waals surface area contributed by atoms with E-state index in [1.165, 1.54) is 5.56 Å². The fourth-order valence-electron chi connectivity index (χ4n) is 1.31. The highest BCUT2D eigenvalue weighted by atomic mass is 16.4. The molecule has 0 amide bonds. The molecule has 0 aromatic heterocycles. The summed E-state index contributed by atoms with van der Waals surface area (Å²) in [6.45, 7) is 2.12. The molecular formula is C12H14O2. The highest BCUT2D eigenvalue weighted by Crippen LogP contribution is 2.08. The van der Waals surface area contributed by atoms with Crippen LogP contribution in [-0.2, 0) is 11.2 Å². The standard InChI is InChI=1S/C12H14O2/c1-2-4-10-5-3-6-11(9-10)7-8-12(13)14/h3,5-9H,2,4H2,1H3,(H,13,14). The Balaban J connectivity index is 2.77. The van der Waals surface area contributed by atoms with Crippen LogP contribution in [0, 0.1) is 0 Å². The van der Waals surface area contributed by atoms with Crippen LogP contribution in [-0.4, -0.2) is 11.1 Å². The lowest BCUT2D eigenvalue weighted by Crippen LogP contribution is -1.87. The molecule has 2 nitrogen and oxygen atoms in total. The minimum atomic E-state index is -0.911. The maximum atomic E-state index is 10.3. The summed E-state index contributed by atoms with van der Waals surface area (Å²) in [5, 5.41) is 8.46. The molecule has 0 spiro atoms. The van der Waals surface area contributed by atoms with E-state index in [0.29, 0.717) is 0 Å². The molecule has 0 bridgehead atoms. The van der Waals surface area contributed by atoms with Crippen LogP contribution in [0.3, 0.4) is 0 Å². The normalized spacial score (nSPS) is 10.6. The summed E-state index contributed by atoms with van der Waals surface area (Å²) >= 11 is 0. The van der Waals surface area contributed by atoms with E-state index in [-0.39, 0.29) is 0 Å². The Morgan fingerprint density at radius 3 is 2.93 bits per heavy atom. The van der Waals surface area contributed by atoms with Gasteiger partial charge in [0.15, 0.2) is 0 Å². The summed E-state index contributed by atoms with van der Waals surface area (Å²) < 4.78 is 0. The van der Waals surface area contributed by atoms with E-state index in [4.69, 9.17) is 5.11 Å². The first-order valence-corrected chi connectivity index (χ1v) is 4.72. The van der Waals surface area contributed by atoms with Crippen molar-refractivity contribution >= 4 is 12.0 Å². The molecule has 74 valence electrons. The van der Waals surface area contributed by atoms with Crippen LogP contribution < -0.4 is 0 Å². The van der Waals surface area contributed by atoms with Gasteiger partial charge in [0, 0.05) is 6.08 Å². The van der Waals surface area contributed by atoms with Gasteiger partial charge in [-0.25, -0.2) is 4.79 Å². The number of carboxylic acids is 1. The maximum Gasteiger partial charge on any atom is 0.328 e. The maximum absolute atomic E-state index is 10.3. The first kappa shape index (κ1) is 10.5. The molecule has 1 aromatic carbocycles. The first-order chi connectivity index (χ1) is 6.72. The second-order valence-corrected chi connectivity index (χ2v) is 3.17. The molecule has 0 heterocycles. The Bertz CT molecular complexity index is 340. The van der Waals surface area contributed by atoms with Gasteiger partial charge in [0.05, 0.1) is 0 Å². The van der Waals surface area contributed by atoms with Crippen molar-refractivity contribution in [3.63, 3.8) is 0 Å². The average Bonchev–Trinajstić information content (AvgIpc) is 2.16. The van der Waals surface area contributed by atoms with E-state index < -0.39 is 5.97 Å². The quantitative estimate of drug-likeness (QED) is 0.741. The van der Waals surface area contributed by atoms with Gasteiger partial charge in [-0.1, -0.05) is 37.6 Å². The predicted molar refractivity (Wildman–Crippen MR) is 57.1 cm³/mol. The number of hydrogen-bond donors (Lipinski definition) is 1. The van der Waals surface area contributed by atoms with Crippen molar-refractivity contribution in [2.24, 2.45) is 0 Å². The SMILES string of the molecule is CCCc1cccc(C=CC(=O)O)c1. The third kappa shape index (κ3) is 3.44. The summed E-state index contributed by atoms with van der Waals surface area (Å²) in [5.41, 5.74) is 2.19. The van der Waals surface area contributed by atoms with Crippen molar-refractivity contribution in [2.45, 2.75) is 19.8 Å². The fraction of sp³-hybridized carbons (Fsp3) is 0.250. The third-order valence-corrected chi connectivity index (χ3v) is 1.91. The van der Waals surface area contributed by atoms with Gasteiger partial charge in [0.25, 0.3) is 0 Å². The second kappa shape index (κ2) is 5.22. The van der Waals surface area contributed by atoms with E-state index in [1.807, 2.05) is 18.2 Å². The molecule has 0 saturated heterocycles. The van der Waals surface area contributed by atoms with E-state index >= 15 is 0 Å². The van der Waals surface area contributed by atoms with Crippen LogP contribution in [0.2, 0.25) is 0 Å². The number of hydrogen-bond acceptors (Lipinski definition) is 1. The lowest BCUT2D eigenvalue weighted by molar-refractivity contribution is -0.131. The lowest BCUT2D eigenvalue weighted by atomic mass is 10.1. The summed E-state index contributed by atoms with van der Waals surface area (Å²) in [6.07, 6.45) is 4.91. The lowest BCUT2D eigenvalue weighted by Gasteiger charge is -1.99. The molecular weight excluding hydrogens is 176 g/mol. The number of carboxylic acid groups (broad SMARTS) is 1. The smallest absolute Gasteiger partial charge is 0.328 e. The van der Waals surface area contributed by atoms with Gasteiger partial charge in [-0.15, -0.1) is 0 Å². The molecule has 1 aromatic rings. The van der Waals surface area contributed by atoms with Crippen LogP contribution in [0.1, 0.15) is 24.5 Å². The fourth-order valence-corrected chi connectivity index (χ4v) is 1.31. The molecule has 1 N–H and O–H groups in total. The predicted octanol–water partition coefficient (Wildman–Crippen LogP) is 2.74. The van der Waals surface area contributed by atoms with Crippen LogP contribution in [0.4, 0.5) is 0 Å². The molecule has 0 unspecified atom stereocenters. The second-order valence-electron chi connectivity index (χ2n) is 3.17. The van der Waals surface area contributed by atoms with Gasteiger partial charge in [0.1, 0.15) is 0 Å². The molecule has 1 rings (SSSR count). The van der Waals surface area contributed by atoms with E-state index in [9.17, 15) is 4.79 Å². The average molecular weight is 190 g/mol. The van der Waals surface area contributed by atoms with Crippen molar-refractivity contribution < 1.29 is 9.90 Å². The number of aliphatic carboxylic acids is 1. The van der Waals surface area contributed by atoms with Gasteiger partial charge < -0.3 is 5.11 Å². The largest absolute Gasteiger partial charge is 0.478 e. The van der Waals surface area contributed by atoms with Crippen molar-refractivity contribution in [1.29, 1.82) is 0 Å². The molecule has 0 radical (unpaired) electrons. The molecule has 0 saturated carbocycles. The van der Waals surface area contributed by atoms with Gasteiger partial charge in [-0.2, -0.15) is 0 Å². The minimum Gasteiger partial charge on any atom is -0.478 e. The number of rotatable bonds is 4. The molecule has 0 fully saturated rings. The molecule has 2 heteroatoms. The zero-order valence-electron chi connectivity index (χ0n) is 8.23. The van der Waals surface area contributed by atoms with Crippen LogP contribution in [0.15, 0.2) is 30.3 Å². The Labute approximate surface area is 83.9 Å². The van der Waals surface area contributed by atoms with Crippen LogP contribution in [0.5, 0.6) is 0 Å². The zero-order chi connectivity index (χ0) is 10.4. The Morgan fingerprint density at radius 2 is 2.29 bits per heavy atom. The molecule has 0 aliphatic rings. The summed E-state index contributed by atoms with van der Waals surface area (Å²) in [7, 11) is 0. The number of carbonyl (C=O) groups is 1. The first-order valence-electron chi connectivity index (χ1n) is 4.72.